The first-order valence-electron chi connectivity index (χ1n) is 6.91. The highest BCUT2D eigenvalue weighted by Gasteiger charge is 2.19. The van der Waals surface area contributed by atoms with E-state index in [0.717, 1.165) is 5.69 Å². The summed E-state index contributed by atoms with van der Waals surface area (Å²) in [6, 6.07) is 20.6. The maximum Gasteiger partial charge on any atom is 0.0450 e. The molecule has 0 spiro atoms. The Balaban J connectivity index is 2.03. The van der Waals surface area contributed by atoms with Crippen molar-refractivity contribution >= 4 is 10.8 Å². The molecule has 0 aliphatic rings. The van der Waals surface area contributed by atoms with E-state index in [-0.39, 0.29) is 12.0 Å². The van der Waals surface area contributed by atoms with Crippen molar-refractivity contribution in [3.8, 4) is 0 Å². The second-order valence-corrected chi connectivity index (χ2v) is 5.14. The molecule has 1 aromatic heterocycles. The number of benzene rings is 2. The van der Waals surface area contributed by atoms with E-state index in [1.165, 1.54) is 16.3 Å². The highest BCUT2D eigenvalue weighted by Crippen LogP contribution is 2.31. The van der Waals surface area contributed by atoms with Crippen LogP contribution in [0.4, 0.5) is 0 Å². The molecule has 2 aromatic carbocycles. The van der Waals surface area contributed by atoms with E-state index in [2.05, 4.69) is 54.4 Å². The molecule has 100 valence electrons. The summed E-state index contributed by atoms with van der Waals surface area (Å²) in [4.78, 5) is 4.43. The molecule has 0 bridgehead atoms. The summed E-state index contributed by atoms with van der Waals surface area (Å²) >= 11 is 0. The molecule has 0 saturated carbocycles. The van der Waals surface area contributed by atoms with E-state index in [9.17, 15) is 0 Å². The molecule has 2 unspecified atom stereocenters. The third kappa shape index (κ3) is 2.30. The summed E-state index contributed by atoms with van der Waals surface area (Å²) in [5.74, 6) is 0.182. The van der Waals surface area contributed by atoms with E-state index in [4.69, 9.17) is 5.73 Å². The van der Waals surface area contributed by atoms with Crippen LogP contribution in [0, 0.1) is 0 Å². The van der Waals surface area contributed by atoms with Crippen LogP contribution in [-0.2, 0) is 0 Å². The lowest BCUT2D eigenvalue weighted by molar-refractivity contribution is 0.587. The first kappa shape index (κ1) is 12.8. The Labute approximate surface area is 119 Å². The van der Waals surface area contributed by atoms with Gasteiger partial charge in [-0.1, -0.05) is 55.5 Å². The van der Waals surface area contributed by atoms with Crippen LogP contribution >= 0.6 is 0 Å². The molecule has 2 N–H and O–H groups in total. The van der Waals surface area contributed by atoms with E-state index in [1.807, 2.05) is 24.4 Å². The minimum Gasteiger partial charge on any atom is -0.323 e. The molecule has 3 rings (SSSR count). The SMILES string of the molecule is CC(c1ccccn1)C(N)c1cccc2ccccc12. The highest BCUT2D eigenvalue weighted by atomic mass is 14.7. The summed E-state index contributed by atoms with van der Waals surface area (Å²) in [6.07, 6.45) is 1.82. The fourth-order valence-electron chi connectivity index (χ4n) is 2.64. The van der Waals surface area contributed by atoms with Crippen LogP contribution in [0.1, 0.15) is 30.1 Å². The number of rotatable bonds is 3. The molecular weight excluding hydrogens is 244 g/mol. The van der Waals surface area contributed by atoms with Gasteiger partial charge in [-0.05, 0) is 28.5 Å². The van der Waals surface area contributed by atoms with Gasteiger partial charge in [0.2, 0.25) is 0 Å². The molecule has 1 heterocycles. The molecular formula is C18H18N2. The zero-order valence-corrected chi connectivity index (χ0v) is 11.5. The lowest BCUT2D eigenvalue weighted by atomic mass is 9.89. The fourth-order valence-corrected chi connectivity index (χ4v) is 2.64. The van der Waals surface area contributed by atoms with Crippen LogP contribution in [-0.4, -0.2) is 4.98 Å². The van der Waals surface area contributed by atoms with Crippen molar-refractivity contribution < 1.29 is 0 Å². The Bertz CT molecular complexity index is 701. The fraction of sp³-hybridized carbons (Fsp3) is 0.167. The Morgan fingerprint density at radius 3 is 2.45 bits per heavy atom. The zero-order chi connectivity index (χ0) is 13.9. The topological polar surface area (TPSA) is 38.9 Å². The molecule has 0 radical (unpaired) electrons. The molecule has 20 heavy (non-hydrogen) atoms. The van der Waals surface area contributed by atoms with Crippen LogP contribution in [0.3, 0.4) is 0 Å². The lowest BCUT2D eigenvalue weighted by Crippen LogP contribution is -2.18. The van der Waals surface area contributed by atoms with Crippen LogP contribution in [0.2, 0.25) is 0 Å². The Kier molecular flexibility index (Phi) is 3.48. The van der Waals surface area contributed by atoms with Crippen molar-refractivity contribution in [1.29, 1.82) is 0 Å². The lowest BCUT2D eigenvalue weighted by Gasteiger charge is -2.21. The average Bonchev–Trinajstić information content (AvgIpc) is 2.54. The monoisotopic (exact) mass is 262 g/mol. The number of fused-ring (bicyclic) bond motifs is 1. The minimum atomic E-state index is -0.0593. The van der Waals surface area contributed by atoms with Crippen molar-refractivity contribution in [3.05, 3.63) is 78.1 Å². The van der Waals surface area contributed by atoms with E-state index in [0.29, 0.717) is 0 Å². The Hall–Kier alpha value is -2.19. The van der Waals surface area contributed by atoms with Gasteiger partial charge >= 0.3 is 0 Å². The number of hydrogen-bond donors (Lipinski definition) is 1. The number of hydrogen-bond acceptors (Lipinski definition) is 2. The molecule has 0 amide bonds. The van der Waals surface area contributed by atoms with Gasteiger partial charge in [0.15, 0.2) is 0 Å². The van der Waals surface area contributed by atoms with Crippen molar-refractivity contribution in [2.45, 2.75) is 18.9 Å². The van der Waals surface area contributed by atoms with Crippen LogP contribution in [0.15, 0.2) is 66.9 Å². The number of nitrogens with zero attached hydrogens (tertiary/aromatic N) is 1. The van der Waals surface area contributed by atoms with E-state index < -0.39 is 0 Å². The largest absolute Gasteiger partial charge is 0.323 e. The first-order valence-corrected chi connectivity index (χ1v) is 6.91. The summed E-state index contributed by atoms with van der Waals surface area (Å²) in [6.45, 7) is 2.13. The maximum atomic E-state index is 6.50. The number of aromatic nitrogens is 1. The molecule has 3 aromatic rings. The molecule has 0 fully saturated rings. The molecule has 2 nitrogen and oxygen atoms in total. The second kappa shape index (κ2) is 5.43. The van der Waals surface area contributed by atoms with Crippen molar-refractivity contribution in [2.75, 3.05) is 0 Å². The van der Waals surface area contributed by atoms with Crippen molar-refractivity contribution in [2.24, 2.45) is 5.73 Å². The second-order valence-electron chi connectivity index (χ2n) is 5.14. The summed E-state index contributed by atoms with van der Waals surface area (Å²) in [7, 11) is 0. The minimum absolute atomic E-state index is 0.0593. The highest BCUT2D eigenvalue weighted by molar-refractivity contribution is 5.86. The average molecular weight is 262 g/mol. The molecule has 0 saturated heterocycles. The summed E-state index contributed by atoms with van der Waals surface area (Å²) in [5, 5.41) is 2.46. The Morgan fingerprint density at radius 2 is 1.65 bits per heavy atom. The van der Waals surface area contributed by atoms with Gasteiger partial charge in [0, 0.05) is 23.9 Å². The van der Waals surface area contributed by atoms with E-state index >= 15 is 0 Å². The zero-order valence-electron chi connectivity index (χ0n) is 11.5. The predicted molar refractivity (Wildman–Crippen MR) is 83.5 cm³/mol. The van der Waals surface area contributed by atoms with Crippen LogP contribution < -0.4 is 5.73 Å². The van der Waals surface area contributed by atoms with Gasteiger partial charge in [0.1, 0.15) is 0 Å². The third-order valence-corrected chi connectivity index (χ3v) is 3.88. The van der Waals surface area contributed by atoms with E-state index in [1.54, 1.807) is 0 Å². The number of nitrogens with two attached hydrogens (primary N) is 1. The standard InChI is InChI=1S/C18H18N2/c1-13(17-11-4-5-12-20-17)18(19)16-10-6-8-14-7-2-3-9-15(14)16/h2-13,18H,19H2,1H3. The Morgan fingerprint density at radius 1 is 0.900 bits per heavy atom. The molecule has 0 aliphatic heterocycles. The summed E-state index contributed by atoms with van der Waals surface area (Å²) in [5.41, 5.74) is 8.71. The van der Waals surface area contributed by atoms with Gasteiger partial charge < -0.3 is 5.73 Å². The van der Waals surface area contributed by atoms with Gasteiger partial charge in [0.05, 0.1) is 0 Å². The summed E-state index contributed by atoms with van der Waals surface area (Å²) < 4.78 is 0. The molecule has 0 aliphatic carbocycles. The quantitative estimate of drug-likeness (QED) is 0.773. The van der Waals surface area contributed by atoms with Gasteiger partial charge in [0.25, 0.3) is 0 Å². The third-order valence-electron chi connectivity index (χ3n) is 3.88. The van der Waals surface area contributed by atoms with Crippen LogP contribution in [0.5, 0.6) is 0 Å². The van der Waals surface area contributed by atoms with Crippen molar-refractivity contribution in [3.63, 3.8) is 0 Å². The molecule has 2 heteroatoms. The smallest absolute Gasteiger partial charge is 0.0450 e. The maximum absolute atomic E-state index is 6.50. The molecule has 2 atom stereocenters. The van der Waals surface area contributed by atoms with Gasteiger partial charge in [-0.2, -0.15) is 0 Å². The predicted octanol–water partition coefficient (Wildman–Crippen LogP) is 4.04. The number of pyridine rings is 1. The van der Waals surface area contributed by atoms with Crippen molar-refractivity contribution in [1.82, 2.24) is 4.98 Å². The normalized spacial score (nSPS) is 14.1. The van der Waals surface area contributed by atoms with Gasteiger partial charge in [-0.15, -0.1) is 0 Å². The first-order chi connectivity index (χ1) is 9.77. The van der Waals surface area contributed by atoms with Crippen LogP contribution in [0.25, 0.3) is 10.8 Å². The van der Waals surface area contributed by atoms with Gasteiger partial charge in [-0.25, -0.2) is 0 Å². The van der Waals surface area contributed by atoms with Gasteiger partial charge in [-0.3, -0.25) is 4.98 Å².